The molecular weight excluding hydrogens is 392 g/mol. The van der Waals surface area contributed by atoms with E-state index in [-0.39, 0.29) is 18.0 Å². The molecule has 0 spiro atoms. The van der Waals surface area contributed by atoms with Crippen molar-refractivity contribution in [1.29, 1.82) is 0 Å². The van der Waals surface area contributed by atoms with Crippen molar-refractivity contribution in [3.05, 3.63) is 0 Å². The summed E-state index contributed by atoms with van der Waals surface area (Å²) in [5.74, 6) is 1.27. The van der Waals surface area contributed by atoms with Gasteiger partial charge in [-0.25, -0.2) is 8.42 Å². The summed E-state index contributed by atoms with van der Waals surface area (Å²) in [7, 11) is -2.77. The minimum absolute atomic E-state index is 0.0556. The molecule has 0 aromatic rings. The van der Waals surface area contributed by atoms with E-state index < -0.39 is 9.84 Å². The van der Waals surface area contributed by atoms with Crippen molar-refractivity contribution in [2.45, 2.75) is 104 Å². The van der Waals surface area contributed by atoms with E-state index in [1.54, 1.807) is 0 Å². The molecule has 1 saturated carbocycles. The number of hydrogen-bond donors (Lipinski definition) is 0. The Balaban J connectivity index is 0.000000223. The predicted octanol–water partition coefficient (Wildman–Crippen LogP) is 4.01. The highest BCUT2D eigenvalue weighted by molar-refractivity contribution is 7.91. The van der Waals surface area contributed by atoms with Gasteiger partial charge < -0.3 is 18.9 Å². The van der Waals surface area contributed by atoms with E-state index in [0.29, 0.717) is 30.5 Å². The van der Waals surface area contributed by atoms with E-state index in [4.69, 9.17) is 18.9 Å². The first-order chi connectivity index (χ1) is 13.6. The van der Waals surface area contributed by atoms with Gasteiger partial charge in [0, 0.05) is 19.8 Å². The summed E-state index contributed by atoms with van der Waals surface area (Å²) >= 11 is 0. The van der Waals surface area contributed by atoms with Gasteiger partial charge in [0.15, 0.2) is 9.84 Å². The second-order valence-corrected chi connectivity index (χ2v) is 11.3. The molecule has 0 amide bonds. The van der Waals surface area contributed by atoms with Crippen molar-refractivity contribution in [2.75, 3.05) is 31.3 Å². The minimum atomic E-state index is -2.77. The normalized spacial score (nSPS) is 25.7. The lowest BCUT2D eigenvalue weighted by Gasteiger charge is -2.12. The van der Waals surface area contributed by atoms with Gasteiger partial charge in [0.2, 0.25) is 0 Å². The van der Waals surface area contributed by atoms with E-state index in [1.807, 2.05) is 13.8 Å². The van der Waals surface area contributed by atoms with Crippen LogP contribution < -0.4 is 0 Å². The Morgan fingerprint density at radius 1 is 0.862 bits per heavy atom. The summed E-state index contributed by atoms with van der Waals surface area (Å²) in [6.45, 7) is 14.9. The van der Waals surface area contributed by atoms with Crippen LogP contribution in [0.3, 0.4) is 0 Å². The first-order valence-electron chi connectivity index (χ1n) is 11.3. The maximum atomic E-state index is 10.9. The SMILES string of the molecule is CC(C)OC1CC1.CC(C)OC1CCS(=O)(=O)C1.CC(C)OCCC1CCOC1. The quantitative estimate of drug-likeness (QED) is 0.572. The smallest absolute Gasteiger partial charge is 0.152 e. The minimum Gasteiger partial charge on any atom is -0.381 e. The summed E-state index contributed by atoms with van der Waals surface area (Å²) in [5, 5.41) is 0. The Hall–Kier alpha value is -0.210. The molecule has 6 nitrogen and oxygen atoms in total. The molecule has 2 aliphatic heterocycles. The van der Waals surface area contributed by atoms with E-state index >= 15 is 0 Å². The summed E-state index contributed by atoms with van der Waals surface area (Å²) in [4.78, 5) is 0. The molecule has 0 radical (unpaired) electrons. The van der Waals surface area contributed by atoms with Gasteiger partial charge in [-0.2, -0.15) is 0 Å². The van der Waals surface area contributed by atoms with Crippen LogP contribution in [-0.2, 0) is 28.8 Å². The average molecular weight is 437 g/mol. The van der Waals surface area contributed by atoms with E-state index in [2.05, 4.69) is 27.7 Å². The van der Waals surface area contributed by atoms with Crippen LogP contribution in [0.1, 0.15) is 73.6 Å². The zero-order valence-electron chi connectivity index (χ0n) is 19.4. The molecule has 0 aromatic heterocycles. The highest BCUT2D eigenvalue weighted by atomic mass is 32.2. The first kappa shape index (κ1) is 26.8. The molecule has 3 aliphatic rings. The average Bonchev–Trinajstić information content (AvgIpc) is 3.11. The Labute approximate surface area is 178 Å². The van der Waals surface area contributed by atoms with Gasteiger partial charge in [-0.1, -0.05) is 0 Å². The van der Waals surface area contributed by atoms with Gasteiger partial charge in [0.25, 0.3) is 0 Å². The molecule has 0 N–H and O–H groups in total. The van der Waals surface area contributed by atoms with Gasteiger partial charge in [0.05, 0.1) is 42.0 Å². The fraction of sp³-hybridized carbons (Fsp3) is 1.00. The molecular formula is C22H44O6S. The zero-order chi connectivity index (χ0) is 21.9. The standard InChI is InChI=1S/C9H18O2.C7H14O3S.C6H12O/c1-8(2)11-6-4-9-3-5-10-7-9;1-6(2)10-7-3-4-11(8,9)5-7;1-5(2)7-6-3-4-6/h8-9H,3-7H2,1-2H3;6-7H,3-5H2,1-2H3;5-6H,3-4H2,1-2H3. The number of sulfone groups is 1. The summed E-state index contributed by atoms with van der Waals surface area (Å²) in [6.07, 6.45) is 7.15. The van der Waals surface area contributed by atoms with Crippen molar-refractivity contribution >= 4 is 9.84 Å². The zero-order valence-corrected chi connectivity index (χ0v) is 20.2. The van der Waals surface area contributed by atoms with Crippen molar-refractivity contribution in [2.24, 2.45) is 5.92 Å². The molecule has 3 rings (SSSR count). The second-order valence-electron chi connectivity index (χ2n) is 9.03. The third kappa shape index (κ3) is 15.3. The van der Waals surface area contributed by atoms with Crippen molar-refractivity contribution in [3.63, 3.8) is 0 Å². The van der Waals surface area contributed by atoms with Gasteiger partial charge >= 0.3 is 0 Å². The molecule has 174 valence electrons. The maximum absolute atomic E-state index is 10.9. The van der Waals surface area contributed by atoms with Crippen molar-refractivity contribution in [1.82, 2.24) is 0 Å². The predicted molar refractivity (Wildman–Crippen MR) is 117 cm³/mol. The number of rotatable bonds is 8. The molecule has 2 unspecified atom stereocenters. The molecule has 0 bridgehead atoms. The fourth-order valence-electron chi connectivity index (χ4n) is 3.12. The topological polar surface area (TPSA) is 71.1 Å². The fourth-order valence-corrected chi connectivity index (χ4v) is 4.72. The monoisotopic (exact) mass is 436 g/mol. The van der Waals surface area contributed by atoms with Crippen LogP contribution in [0.2, 0.25) is 0 Å². The van der Waals surface area contributed by atoms with Crippen molar-refractivity contribution in [3.8, 4) is 0 Å². The van der Waals surface area contributed by atoms with Gasteiger partial charge in [-0.05, 0) is 79.6 Å². The van der Waals surface area contributed by atoms with E-state index in [1.165, 1.54) is 19.3 Å². The molecule has 2 saturated heterocycles. The van der Waals surface area contributed by atoms with Crippen LogP contribution in [0.4, 0.5) is 0 Å². The summed E-state index contributed by atoms with van der Waals surface area (Å²) in [5.41, 5.74) is 0. The third-order valence-electron chi connectivity index (χ3n) is 4.65. The van der Waals surface area contributed by atoms with Crippen molar-refractivity contribution < 1.29 is 27.4 Å². The molecule has 3 fully saturated rings. The van der Waals surface area contributed by atoms with Gasteiger partial charge in [0.1, 0.15) is 0 Å². The van der Waals surface area contributed by atoms with Crippen LogP contribution in [0.25, 0.3) is 0 Å². The maximum Gasteiger partial charge on any atom is 0.152 e. The van der Waals surface area contributed by atoms with Crippen LogP contribution in [0.15, 0.2) is 0 Å². The number of hydrogen-bond acceptors (Lipinski definition) is 6. The summed E-state index contributed by atoms with van der Waals surface area (Å²) < 4.78 is 43.3. The van der Waals surface area contributed by atoms with Gasteiger partial charge in [-0.3, -0.25) is 0 Å². The molecule has 29 heavy (non-hydrogen) atoms. The Morgan fingerprint density at radius 2 is 1.48 bits per heavy atom. The lowest BCUT2D eigenvalue weighted by Crippen LogP contribution is -2.18. The second kappa shape index (κ2) is 14.0. The third-order valence-corrected chi connectivity index (χ3v) is 6.38. The summed E-state index contributed by atoms with van der Waals surface area (Å²) in [6, 6.07) is 0. The molecule has 0 aromatic carbocycles. The first-order valence-corrected chi connectivity index (χ1v) is 13.1. The molecule has 2 heterocycles. The Bertz CT molecular complexity index is 507. The molecule has 7 heteroatoms. The molecule has 1 aliphatic carbocycles. The van der Waals surface area contributed by atoms with E-state index in [9.17, 15) is 8.42 Å². The number of ether oxygens (including phenoxy) is 4. The molecule has 2 atom stereocenters. The van der Waals surface area contributed by atoms with Crippen LogP contribution >= 0.6 is 0 Å². The Morgan fingerprint density at radius 3 is 1.86 bits per heavy atom. The van der Waals surface area contributed by atoms with Crippen LogP contribution in [-0.4, -0.2) is 70.3 Å². The lowest BCUT2D eigenvalue weighted by molar-refractivity contribution is 0.0234. The van der Waals surface area contributed by atoms with Gasteiger partial charge in [-0.15, -0.1) is 0 Å². The highest BCUT2D eigenvalue weighted by Crippen LogP contribution is 2.24. The lowest BCUT2D eigenvalue weighted by atomic mass is 10.1. The van der Waals surface area contributed by atoms with Crippen LogP contribution in [0.5, 0.6) is 0 Å². The Kier molecular flexibility index (Phi) is 12.9. The highest BCUT2D eigenvalue weighted by Gasteiger charge is 2.28. The van der Waals surface area contributed by atoms with Crippen LogP contribution in [0, 0.1) is 5.92 Å². The van der Waals surface area contributed by atoms with E-state index in [0.717, 1.165) is 32.2 Å². The largest absolute Gasteiger partial charge is 0.381 e.